The van der Waals surface area contributed by atoms with Gasteiger partial charge in [-0.3, -0.25) is 9.69 Å². The van der Waals surface area contributed by atoms with E-state index in [2.05, 4.69) is 10.2 Å². The quantitative estimate of drug-likeness (QED) is 0.668. The average Bonchev–Trinajstić information content (AvgIpc) is 3.07. The van der Waals surface area contributed by atoms with E-state index >= 15 is 0 Å². The molecule has 0 aromatic heterocycles. The molecule has 2 aliphatic rings. The van der Waals surface area contributed by atoms with E-state index < -0.39 is 17.3 Å². The number of piperidine rings is 1. The van der Waals surface area contributed by atoms with Crippen LogP contribution in [0, 0.1) is 0 Å². The summed E-state index contributed by atoms with van der Waals surface area (Å²) in [5, 5.41) is 3.53. The highest BCUT2D eigenvalue weighted by molar-refractivity contribution is 6.30. The number of rotatable bonds is 3. The highest BCUT2D eigenvalue weighted by Crippen LogP contribution is 2.48. The van der Waals surface area contributed by atoms with Gasteiger partial charge in [0.15, 0.2) is 0 Å². The fraction of sp³-hybridized carbons (Fsp3) is 0.435. The normalized spacial score (nSPS) is 18.5. The van der Waals surface area contributed by atoms with Crippen LogP contribution in [-0.4, -0.2) is 36.0 Å². The molecule has 0 aliphatic carbocycles. The number of benzene rings is 2. The van der Waals surface area contributed by atoms with Crippen LogP contribution in [-0.2, 0) is 16.4 Å². The molecule has 1 fully saturated rings. The Kier molecular flexibility index (Phi) is 5.46. The number of carbonyl (C=O) groups excluding carboxylic acids is 1. The molecule has 8 heteroatoms. The molecular weight excluding hydrogens is 429 g/mol. The number of anilines is 1. The number of hydrogen-bond donors (Lipinski definition) is 1. The van der Waals surface area contributed by atoms with Crippen molar-refractivity contribution in [2.45, 2.75) is 43.8 Å². The lowest BCUT2D eigenvalue weighted by atomic mass is 9.73. The van der Waals surface area contributed by atoms with Gasteiger partial charge in [-0.05, 0) is 63.1 Å². The van der Waals surface area contributed by atoms with Crippen LogP contribution in [0.2, 0.25) is 5.02 Å². The Balaban J connectivity index is 1.45. The Hall–Kier alpha value is -2.25. The van der Waals surface area contributed by atoms with Gasteiger partial charge in [-0.2, -0.15) is 13.2 Å². The lowest BCUT2D eigenvalue weighted by molar-refractivity contribution is -0.137. The molecule has 1 N–H and O–H groups in total. The van der Waals surface area contributed by atoms with Crippen molar-refractivity contribution in [3.8, 4) is 5.75 Å². The van der Waals surface area contributed by atoms with Crippen LogP contribution >= 0.6 is 11.6 Å². The zero-order valence-electron chi connectivity index (χ0n) is 17.4. The van der Waals surface area contributed by atoms with E-state index in [0.717, 1.165) is 17.7 Å². The molecule has 0 unspecified atom stereocenters. The summed E-state index contributed by atoms with van der Waals surface area (Å²) in [6.07, 6.45) is -2.97. The lowest BCUT2D eigenvalue weighted by Crippen LogP contribution is -2.57. The molecule has 4 rings (SSSR count). The summed E-state index contributed by atoms with van der Waals surface area (Å²) in [5.74, 6) is 0.201. The van der Waals surface area contributed by atoms with Crippen LogP contribution in [0.1, 0.15) is 37.8 Å². The molecule has 31 heavy (non-hydrogen) atoms. The first-order valence-corrected chi connectivity index (χ1v) is 10.6. The molecule has 0 atom stereocenters. The Labute approximate surface area is 184 Å². The second-order valence-corrected chi connectivity index (χ2v) is 9.22. The number of halogens is 4. The van der Waals surface area contributed by atoms with Crippen LogP contribution < -0.4 is 10.1 Å². The molecule has 1 saturated heterocycles. The third-order valence-electron chi connectivity index (χ3n) is 6.55. The molecule has 2 aromatic carbocycles. The van der Waals surface area contributed by atoms with E-state index in [9.17, 15) is 18.0 Å². The standard InChI is InChI=1S/C23H24ClF3N2O2/c1-21(2,20(30)28-17-6-4-16(24)5-7-17)29-11-9-22(10-12-29)14-31-19-13-15(23(25,26)27)3-8-18(19)22/h3-8,13H,9-12,14H2,1-2H3,(H,28,30). The molecule has 2 aromatic rings. The van der Waals surface area contributed by atoms with Crippen LogP contribution in [0.3, 0.4) is 0 Å². The van der Waals surface area contributed by atoms with Gasteiger partial charge in [0.2, 0.25) is 5.91 Å². The Morgan fingerprint density at radius 1 is 1.10 bits per heavy atom. The number of nitrogens with zero attached hydrogens (tertiary/aromatic N) is 1. The summed E-state index contributed by atoms with van der Waals surface area (Å²) in [4.78, 5) is 15.1. The zero-order chi connectivity index (χ0) is 22.4. The minimum atomic E-state index is -4.39. The molecule has 166 valence electrons. The van der Waals surface area contributed by atoms with Gasteiger partial charge >= 0.3 is 6.18 Å². The van der Waals surface area contributed by atoms with Crippen LogP contribution in [0.5, 0.6) is 5.75 Å². The number of likely N-dealkylation sites (tertiary alicyclic amines) is 1. The van der Waals surface area contributed by atoms with Gasteiger partial charge in [0.25, 0.3) is 0 Å². The van der Waals surface area contributed by atoms with Crippen molar-refractivity contribution in [2.75, 3.05) is 25.0 Å². The molecule has 0 radical (unpaired) electrons. The van der Waals surface area contributed by atoms with Gasteiger partial charge < -0.3 is 10.1 Å². The molecule has 2 heterocycles. The van der Waals surface area contributed by atoms with Gasteiger partial charge in [-0.25, -0.2) is 0 Å². The SMILES string of the molecule is CC(C)(C(=O)Nc1ccc(Cl)cc1)N1CCC2(CC1)COc1cc(C(F)(F)F)ccc12. The molecule has 4 nitrogen and oxygen atoms in total. The fourth-order valence-electron chi connectivity index (χ4n) is 4.42. The number of carbonyl (C=O) groups is 1. The Bertz CT molecular complexity index is 981. The first-order chi connectivity index (χ1) is 14.5. The third-order valence-corrected chi connectivity index (χ3v) is 6.81. The van der Waals surface area contributed by atoms with Crippen molar-refractivity contribution in [1.29, 1.82) is 0 Å². The molecule has 2 aliphatic heterocycles. The molecule has 1 spiro atoms. The maximum atomic E-state index is 13.0. The molecular formula is C23H24ClF3N2O2. The van der Waals surface area contributed by atoms with E-state index in [1.807, 2.05) is 13.8 Å². The van der Waals surface area contributed by atoms with Crippen LogP contribution in [0.4, 0.5) is 18.9 Å². The van der Waals surface area contributed by atoms with Crippen molar-refractivity contribution >= 4 is 23.2 Å². The highest BCUT2D eigenvalue weighted by Gasteiger charge is 2.47. The summed E-state index contributed by atoms with van der Waals surface area (Å²) in [5.41, 5.74) is -0.235. The molecule has 1 amide bonds. The first kappa shape index (κ1) is 22.0. The fourth-order valence-corrected chi connectivity index (χ4v) is 4.54. The lowest BCUT2D eigenvalue weighted by Gasteiger charge is -2.45. The minimum Gasteiger partial charge on any atom is -0.492 e. The van der Waals surface area contributed by atoms with Crippen molar-refractivity contribution in [3.05, 3.63) is 58.6 Å². The summed E-state index contributed by atoms with van der Waals surface area (Å²) in [7, 11) is 0. The molecule has 0 bridgehead atoms. The van der Waals surface area contributed by atoms with Crippen molar-refractivity contribution in [1.82, 2.24) is 4.90 Å². The number of nitrogens with one attached hydrogen (secondary N) is 1. The van der Waals surface area contributed by atoms with Gasteiger partial charge in [-0.1, -0.05) is 17.7 Å². The monoisotopic (exact) mass is 452 g/mol. The van der Waals surface area contributed by atoms with Crippen molar-refractivity contribution < 1.29 is 22.7 Å². The number of ether oxygens (including phenoxy) is 1. The molecule has 0 saturated carbocycles. The zero-order valence-corrected chi connectivity index (χ0v) is 18.1. The van der Waals surface area contributed by atoms with Gasteiger partial charge in [0, 0.05) is 34.8 Å². The maximum Gasteiger partial charge on any atom is 0.416 e. The van der Waals surface area contributed by atoms with Gasteiger partial charge in [0.1, 0.15) is 5.75 Å². The number of hydrogen-bond acceptors (Lipinski definition) is 3. The van der Waals surface area contributed by atoms with Crippen LogP contribution in [0.25, 0.3) is 0 Å². The smallest absolute Gasteiger partial charge is 0.416 e. The van der Waals surface area contributed by atoms with Gasteiger partial charge in [-0.15, -0.1) is 0 Å². The second-order valence-electron chi connectivity index (χ2n) is 8.78. The van der Waals surface area contributed by atoms with E-state index in [1.54, 1.807) is 30.3 Å². The predicted molar refractivity (Wildman–Crippen MR) is 114 cm³/mol. The summed E-state index contributed by atoms with van der Waals surface area (Å²) in [6.45, 7) is 5.42. The predicted octanol–water partition coefficient (Wildman–Crippen LogP) is 5.50. The summed E-state index contributed by atoms with van der Waals surface area (Å²) >= 11 is 5.90. The number of fused-ring (bicyclic) bond motifs is 2. The van der Waals surface area contributed by atoms with Crippen molar-refractivity contribution in [2.24, 2.45) is 0 Å². The largest absolute Gasteiger partial charge is 0.492 e. The number of alkyl halides is 3. The van der Waals surface area contributed by atoms with Crippen LogP contribution in [0.15, 0.2) is 42.5 Å². The average molecular weight is 453 g/mol. The van der Waals surface area contributed by atoms with E-state index in [1.165, 1.54) is 0 Å². The van der Waals surface area contributed by atoms with Gasteiger partial charge in [0.05, 0.1) is 17.7 Å². The maximum absolute atomic E-state index is 13.0. The highest BCUT2D eigenvalue weighted by atomic mass is 35.5. The van der Waals surface area contributed by atoms with E-state index in [-0.39, 0.29) is 11.3 Å². The Morgan fingerprint density at radius 3 is 2.35 bits per heavy atom. The van der Waals surface area contributed by atoms with E-state index in [4.69, 9.17) is 16.3 Å². The topological polar surface area (TPSA) is 41.6 Å². The third kappa shape index (κ3) is 4.13. The Morgan fingerprint density at radius 2 is 1.74 bits per heavy atom. The first-order valence-electron chi connectivity index (χ1n) is 10.2. The second kappa shape index (κ2) is 7.71. The van der Waals surface area contributed by atoms with Crippen molar-refractivity contribution in [3.63, 3.8) is 0 Å². The van der Waals surface area contributed by atoms with E-state index in [0.29, 0.717) is 49.0 Å². The summed E-state index contributed by atoms with van der Waals surface area (Å²) < 4.78 is 44.7. The summed E-state index contributed by atoms with van der Waals surface area (Å²) in [6, 6.07) is 10.7. The minimum absolute atomic E-state index is 0.122. The number of amides is 1.